The molecule has 1 unspecified atom stereocenters. The van der Waals surface area contributed by atoms with Crippen LogP contribution < -0.4 is 0 Å². The maximum absolute atomic E-state index is 12.7. The molecule has 2 rings (SSSR count). The van der Waals surface area contributed by atoms with Crippen molar-refractivity contribution >= 4 is 33.6 Å². The van der Waals surface area contributed by atoms with E-state index in [1.165, 1.54) is 25.7 Å². The molecule has 2 aliphatic rings. The van der Waals surface area contributed by atoms with E-state index in [1.807, 2.05) is 11.8 Å². The Bertz CT molecular complexity index is 275. The van der Waals surface area contributed by atoms with Gasteiger partial charge in [0.25, 0.3) is 0 Å². The van der Waals surface area contributed by atoms with Crippen molar-refractivity contribution in [3.05, 3.63) is 0 Å². The third-order valence-electron chi connectivity index (χ3n) is 3.98. The van der Waals surface area contributed by atoms with Crippen molar-refractivity contribution in [3.8, 4) is 0 Å². The topological polar surface area (TPSA) is 20.3 Å². The van der Waals surface area contributed by atoms with E-state index in [0.29, 0.717) is 11.9 Å². The summed E-state index contributed by atoms with van der Waals surface area (Å²) in [5, 5.41) is 0.993. The molecule has 0 aromatic carbocycles. The number of carbonyl (C=O) groups excluding carboxylic acids is 1. The van der Waals surface area contributed by atoms with Crippen molar-refractivity contribution in [2.24, 2.45) is 0 Å². The van der Waals surface area contributed by atoms with Gasteiger partial charge in [0.05, 0.1) is 4.75 Å². The van der Waals surface area contributed by atoms with Gasteiger partial charge in [-0.1, -0.05) is 15.9 Å². The number of rotatable bonds is 5. The smallest absolute Gasteiger partial charge is 0.238 e. The maximum Gasteiger partial charge on any atom is 0.238 e. The van der Waals surface area contributed by atoms with Crippen LogP contribution >= 0.6 is 27.7 Å². The summed E-state index contributed by atoms with van der Waals surface area (Å²) < 4.78 is -0.123. The molecule has 0 bridgehead atoms. The van der Waals surface area contributed by atoms with Crippen molar-refractivity contribution in [3.63, 3.8) is 0 Å². The first-order valence-corrected chi connectivity index (χ1v) is 8.79. The maximum atomic E-state index is 12.7. The largest absolute Gasteiger partial charge is 0.338 e. The fourth-order valence-electron chi connectivity index (χ4n) is 2.63. The fourth-order valence-corrected chi connectivity index (χ4v) is 4.15. The lowest BCUT2D eigenvalue weighted by Gasteiger charge is -2.41. The molecular formula is C13H22BrNOS. The summed E-state index contributed by atoms with van der Waals surface area (Å²) in [5.74, 6) is 1.56. The molecule has 17 heavy (non-hydrogen) atoms. The third-order valence-corrected chi connectivity index (χ3v) is 6.05. The Kier molecular flexibility index (Phi) is 4.81. The van der Waals surface area contributed by atoms with E-state index in [1.54, 1.807) is 0 Å². The zero-order chi connectivity index (χ0) is 12.3. The van der Waals surface area contributed by atoms with E-state index in [0.717, 1.165) is 30.5 Å². The van der Waals surface area contributed by atoms with Gasteiger partial charge in [0, 0.05) is 17.9 Å². The monoisotopic (exact) mass is 319 g/mol. The van der Waals surface area contributed by atoms with Gasteiger partial charge >= 0.3 is 0 Å². The number of hydrogen-bond donors (Lipinski definition) is 0. The molecule has 98 valence electrons. The number of halogens is 1. The minimum Gasteiger partial charge on any atom is -0.338 e. The average Bonchev–Trinajstić information content (AvgIpc) is 2.69. The second-order valence-electron chi connectivity index (χ2n) is 5.31. The average molecular weight is 320 g/mol. The molecular weight excluding hydrogens is 298 g/mol. The minimum absolute atomic E-state index is 0.123. The molecule has 4 heteroatoms. The highest BCUT2D eigenvalue weighted by Gasteiger charge is 2.42. The Labute approximate surface area is 117 Å². The molecule has 1 aliphatic heterocycles. The fraction of sp³-hybridized carbons (Fsp3) is 0.923. The van der Waals surface area contributed by atoms with E-state index >= 15 is 0 Å². The van der Waals surface area contributed by atoms with E-state index in [2.05, 4.69) is 27.8 Å². The van der Waals surface area contributed by atoms with Crippen molar-refractivity contribution in [2.75, 3.05) is 17.6 Å². The van der Waals surface area contributed by atoms with E-state index < -0.39 is 0 Å². The molecule has 1 atom stereocenters. The highest BCUT2D eigenvalue weighted by Crippen LogP contribution is 2.40. The Hall–Kier alpha value is 0.300. The lowest BCUT2D eigenvalue weighted by molar-refractivity contribution is -0.137. The highest BCUT2D eigenvalue weighted by molar-refractivity contribution is 9.09. The Morgan fingerprint density at radius 3 is 2.71 bits per heavy atom. The molecule has 1 heterocycles. The lowest BCUT2D eigenvalue weighted by Crippen LogP contribution is -2.51. The van der Waals surface area contributed by atoms with Gasteiger partial charge in [-0.2, -0.15) is 0 Å². The van der Waals surface area contributed by atoms with Crippen molar-refractivity contribution < 1.29 is 4.79 Å². The number of thioether (sulfide) groups is 1. The quantitative estimate of drug-likeness (QED) is 0.723. The highest BCUT2D eigenvalue weighted by atomic mass is 79.9. The summed E-state index contributed by atoms with van der Waals surface area (Å²) in [5.41, 5.74) is 0. The van der Waals surface area contributed by atoms with Gasteiger partial charge in [0.2, 0.25) is 5.91 Å². The summed E-state index contributed by atoms with van der Waals surface area (Å²) in [6, 6.07) is 0.541. The molecule has 1 aliphatic carbocycles. The van der Waals surface area contributed by atoms with Crippen LogP contribution in [0.3, 0.4) is 0 Å². The second-order valence-corrected chi connectivity index (χ2v) is 7.70. The first kappa shape index (κ1) is 13.7. The van der Waals surface area contributed by atoms with Crippen LogP contribution in [-0.2, 0) is 4.79 Å². The van der Waals surface area contributed by atoms with Crippen LogP contribution in [0.2, 0.25) is 0 Å². The molecule has 0 radical (unpaired) electrons. The zero-order valence-corrected chi connectivity index (χ0v) is 13.0. The summed E-state index contributed by atoms with van der Waals surface area (Å²) in [7, 11) is 0. The first-order valence-electron chi connectivity index (χ1n) is 6.68. The molecule has 0 spiro atoms. The van der Waals surface area contributed by atoms with Crippen LogP contribution in [0, 0.1) is 0 Å². The summed E-state index contributed by atoms with van der Waals surface area (Å²) in [6.45, 7) is 3.08. The SMILES string of the molecule is CC1(C(=O)N(CCCBr)C2CCC2)CCCS1. The van der Waals surface area contributed by atoms with Gasteiger partial charge < -0.3 is 4.90 Å². The molecule has 2 nitrogen and oxygen atoms in total. The van der Waals surface area contributed by atoms with Gasteiger partial charge in [0.15, 0.2) is 0 Å². The van der Waals surface area contributed by atoms with Crippen LogP contribution in [0.25, 0.3) is 0 Å². The van der Waals surface area contributed by atoms with Gasteiger partial charge in [-0.25, -0.2) is 0 Å². The van der Waals surface area contributed by atoms with Crippen LogP contribution in [0.15, 0.2) is 0 Å². The number of alkyl halides is 1. The number of carbonyl (C=O) groups is 1. The number of amides is 1. The van der Waals surface area contributed by atoms with E-state index in [9.17, 15) is 4.79 Å². The summed E-state index contributed by atoms with van der Waals surface area (Å²) in [6.07, 6.45) is 7.07. The predicted molar refractivity (Wildman–Crippen MR) is 77.9 cm³/mol. The minimum atomic E-state index is -0.123. The van der Waals surface area contributed by atoms with E-state index in [-0.39, 0.29) is 4.75 Å². The molecule has 1 saturated heterocycles. The van der Waals surface area contributed by atoms with Crippen molar-refractivity contribution in [1.82, 2.24) is 4.90 Å². The van der Waals surface area contributed by atoms with Crippen LogP contribution in [0.5, 0.6) is 0 Å². The summed E-state index contributed by atoms with van der Waals surface area (Å²) in [4.78, 5) is 14.9. The number of hydrogen-bond acceptors (Lipinski definition) is 2. The standard InChI is InChI=1S/C13H22BrNOS/c1-13(7-3-10-17-13)12(16)15(9-4-8-14)11-5-2-6-11/h11H,2-10H2,1H3. The molecule has 0 N–H and O–H groups in total. The van der Waals surface area contributed by atoms with Gasteiger partial charge in [-0.15, -0.1) is 11.8 Å². The van der Waals surface area contributed by atoms with Gasteiger partial charge in [-0.3, -0.25) is 4.79 Å². The molecule has 2 fully saturated rings. The molecule has 0 aromatic rings. The summed E-state index contributed by atoms with van der Waals surface area (Å²) >= 11 is 5.33. The van der Waals surface area contributed by atoms with Crippen LogP contribution in [0.4, 0.5) is 0 Å². The van der Waals surface area contributed by atoms with E-state index in [4.69, 9.17) is 0 Å². The van der Waals surface area contributed by atoms with Crippen molar-refractivity contribution in [1.29, 1.82) is 0 Å². The Balaban J connectivity index is 2.00. The lowest BCUT2D eigenvalue weighted by atomic mass is 9.90. The molecule has 0 aromatic heterocycles. The first-order chi connectivity index (χ1) is 8.17. The second kappa shape index (κ2) is 5.96. The predicted octanol–water partition coefficient (Wildman–Crippen LogP) is 3.44. The van der Waals surface area contributed by atoms with Gasteiger partial charge in [0.1, 0.15) is 0 Å². The zero-order valence-electron chi connectivity index (χ0n) is 10.6. The van der Waals surface area contributed by atoms with Crippen molar-refractivity contribution in [2.45, 2.75) is 56.2 Å². The molecule has 1 amide bonds. The molecule has 1 saturated carbocycles. The van der Waals surface area contributed by atoms with Crippen LogP contribution in [0.1, 0.15) is 45.4 Å². The van der Waals surface area contributed by atoms with Gasteiger partial charge in [-0.05, 0) is 51.2 Å². The number of nitrogens with zero attached hydrogens (tertiary/aromatic N) is 1. The Morgan fingerprint density at radius 2 is 2.24 bits per heavy atom. The normalized spacial score (nSPS) is 29.1. The Morgan fingerprint density at radius 1 is 1.47 bits per heavy atom. The third kappa shape index (κ3) is 3.01. The van der Waals surface area contributed by atoms with Crippen LogP contribution in [-0.4, -0.2) is 39.2 Å².